The average molecular weight is 267 g/mol. The number of benzene rings is 2. The van der Waals surface area contributed by atoms with E-state index in [0.717, 1.165) is 0 Å². The first-order valence-corrected chi connectivity index (χ1v) is 7.34. The van der Waals surface area contributed by atoms with Gasteiger partial charge in [0.15, 0.2) is 0 Å². The first-order chi connectivity index (χ1) is 9.18. The number of nitrogens with two attached hydrogens (primary N) is 1. The molecular weight excluding hydrogens is 250 g/mol. The highest BCUT2D eigenvalue weighted by molar-refractivity contribution is 7.10. The Labute approximate surface area is 117 Å². The Kier molecular flexibility index (Phi) is 3.13. The van der Waals surface area contributed by atoms with E-state index in [1.54, 1.807) is 11.3 Å². The van der Waals surface area contributed by atoms with Gasteiger partial charge in [-0.1, -0.05) is 36.4 Å². The lowest BCUT2D eigenvalue weighted by Crippen LogP contribution is -2.13. The molecule has 0 saturated carbocycles. The monoisotopic (exact) mass is 267 g/mol. The van der Waals surface area contributed by atoms with Crippen molar-refractivity contribution in [2.24, 2.45) is 5.73 Å². The first-order valence-electron chi connectivity index (χ1n) is 6.46. The summed E-state index contributed by atoms with van der Waals surface area (Å²) in [6.45, 7) is 4.27. The molecule has 3 rings (SSSR count). The van der Waals surface area contributed by atoms with Crippen LogP contribution in [0.5, 0.6) is 0 Å². The van der Waals surface area contributed by atoms with Crippen LogP contribution in [0.3, 0.4) is 0 Å². The topological polar surface area (TPSA) is 26.0 Å². The van der Waals surface area contributed by atoms with Crippen molar-refractivity contribution in [3.05, 3.63) is 69.4 Å². The molecule has 0 spiro atoms. The molecule has 1 nitrogen and oxygen atoms in total. The molecule has 1 unspecified atom stereocenters. The summed E-state index contributed by atoms with van der Waals surface area (Å²) in [7, 11) is 0. The Balaban J connectivity index is 2.24. The SMILES string of the molecule is Cc1ccsc1C(N)c1c(C)ccc2ccccc12. The summed E-state index contributed by atoms with van der Waals surface area (Å²) in [6, 6.07) is 14.9. The summed E-state index contributed by atoms with van der Waals surface area (Å²) in [4.78, 5) is 1.26. The normalized spacial score (nSPS) is 12.8. The molecule has 0 amide bonds. The molecule has 3 aromatic rings. The van der Waals surface area contributed by atoms with Crippen LogP contribution in [-0.2, 0) is 0 Å². The first kappa shape index (κ1) is 12.4. The van der Waals surface area contributed by atoms with Crippen LogP contribution in [0.2, 0.25) is 0 Å². The zero-order chi connectivity index (χ0) is 13.4. The van der Waals surface area contributed by atoms with Gasteiger partial charge >= 0.3 is 0 Å². The van der Waals surface area contributed by atoms with E-state index in [2.05, 4.69) is 61.7 Å². The van der Waals surface area contributed by atoms with E-state index in [0.29, 0.717) is 0 Å². The van der Waals surface area contributed by atoms with Gasteiger partial charge in [0.1, 0.15) is 0 Å². The molecular formula is C17H17NS. The Morgan fingerprint density at radius 2 is 1.74 bits per heavy atom. The summed E-state index contributed by atoms with van der Waals surface area (Å²) in [5.74, 6) is 0. The van der Waals surface area contributed by atoms with Crippen molar-refractivity contribution in [2.45, 2.75) is 19.9 Å². The quantitative estimate of drug-likeness (QED) is 0.723. The van der Waals surface area contributed by atoms with Crippen molar-refractivity contribution in [1.29, 1.82) is 0 Å². The predicted molar refractivity (Wildman–Crippen MR) is 83.8 cm³/mol. The van der Waals surface area contributed by atoms with Crippen molar-refractivity contribution in [3.8, 4) is 0 Å². The van der Waals surface area contributed by atoms with Crippen LogP contribution in [-0.4, -0.2) is 0 Å². The summed E-state index contributed by atoms with van der Waals surface area (Å²) < 4.78 is 0. The molecule has 0 radical (unpaired) electrons. The Morgan fingerprint density at radius 3 is 2.47 bits per heavy atom. The molecule has 2 N–H and O–H groups in total. The smallest absolute Gasteiger partial charge is 0.0657 e. The van der Waals surface area contributed by atoms with E-state index in [4.69, 9.17) is 5.73 Å². The molecule has 2 aromatic carbocycles. The van der Waals surface area contributed by atoms with Crippen LogP contribution in [0.4, 0.5) is 0 Å². The summed E-state index contributed by atoms with van der Waals surface area (Å²) in [6.07, 6.45) is 0. The number of thiophene rings is 1. The van der Waals surface area contributed by atoms with Crippen LogP contribution in [0.15, 0.2) is 47.8 Å². The van der Waals surface area contributed by atoms with Crippen LogP contribution in [0, 0.1) is 13.8 Å². The van der Waals surface area contributed by atoms with Crippen molar-refractivity contribution in [2.75, 3.05) is 0 Å². The van der Waals surface area contributed by atoms with E-state index in [-0.39, 0.29) is 6.04 Å². The third-order valence-electron chi connectivity index (χ3n) is 3.68. The van der Waals surface area contributed by atoms with Crippen molar-refractivity contribution >= 4 is 22.1 Å². The minimum Gasteiger partial charge on any atom is -0.320 e. The molecule has 1 atom stereocenters. The number of fused-ring (bicyclic) bond motifs is 1. The lowest BCUT2D eigenvalue weighted by Gasteiger charge is -2.17. The van der Waals surface area contributed by atoms with Gasteiger partial charge in [0, 0.05) is 4.88 Å². The maximum atomic E-state index is 6.54. The second kappa shape index (κ2) is 4.80. The summed E-state index contributed by atoms with van der Waals surface area (Å²) in [5.41, 5.74) is 10.3. The standard InChI is InChI=1S/C17H17NS/c1-11-7-8-13-5-3-4-6-14(13)15(11)16(18)17-12(2)9-10-19-17/h3-10,16H,18H2,1-2H3. The maximum absolute atomic E-state index is 6.54. The molecule has 0 aliphatic heterocycles. The Bertz CT molecular complexity index is 727. The van der Waals surface area contributed by atoms with Gasteiger partial charge in [-0.25, -0.2) is 0 Å². The molecule has 1 heterocycles. The second-order valence-electron chi connectivity index (χ2n) is 4.96. The van der Waals surface area contributed by atoms with E-state index in [1.165, 1.54) is 32.3 Å². The predicted octanol–water partition coefficient (Wildman–Crippen LogP) is 4.57. The number of hydrogen-bond donors (Lipinski definition) is 1. The van der Waals surface area contributed by atoms with E-state index in [9.17, 15) is 0 Å². The highest BCUT2D eigenvalue weighted by Gasteiger charge is 2.17. The molecule has 0 aliphatic carbocycles. The van der Waals surface area contributed by atoms with Gasteiger partial charge in [-0.15, -0.1) is 11.3 Å². The molecule has 0 fully saturated rings. The highest BCUT2D eigenvalue weighted by Crippen LogP contribution is 2.33. The lowest BCUT2D eigenvalue weighted by atomic mass is 9.93. The van der Waals surface area contributed by atoms with Gasteiger partial charge in [-0.3, -0.25) is 0 Å². The fourth-order valence-electron chi connectivity index (χ4n) is 2.65. The van der Waals surface area contributed by atoms with Crippen LogP contribution < -0.4 is 5.73 Å². The fraction of sp³-hybridized carbons (Fsp3) is 0.176. The molecule has 19 heavy (non-hydrogen) atoms. The summed E-state index contributed by atoms with van der Waals surface area (Å²) in [5, 5.41) is 4.64. The minimum atomic E-state index is -0.0360. The number of aryl methyl sites for hydroxylation is 2. The maximum Gasteiger partial charge on any atom is 0.0657 e. The van der Waals surface area contributed by atoms with Crippen LogP contribution >= 0.6 is 11.3 Å². The third kappa shape index (κ3) is 2.07. The van der Waals surface area contributed by atoms with Gasteiger partial charge in [-0.2, -0.15) is 0 Å². The van der Waals surface area contributed by atoms with Crippen molar-refractivity contribution in [1.82, 2.24) is 0 Å². The van der Waals surface area contributed by atoms with E-state index in [1.807, 2.05) is 0 Å². The second-order valence-corrected chi connectivity index (χ2v) is 5.91. The van der Waals surface area contributed by atoms with E-state index < -0.39 is 0 Å². The molecule has 0 bridgehead atoms. The zero-order valence-corrected chi connectivity index (χ0v) is 12.0. The lowest BCUT2D eigenvalue weighted by molar-refractivity contribution is 0.885. The van der Waals surface area contributed by atoms with Crippen molar-refractivity contribution in [3.63, 3.8) is 0 Å². The van der Waals surface area contributed by atoms with Gasteiger partial charge < -0.3 is 5.73 Å². The highest BCUT2D eigenvalue weighted by atomic mass is 32.1. The molecule has 2 heteroatoms. The van der Waals surface area contributed by atoms with Crippen LogP contribution in [0.25, 0.3) is 10.8 Å². The molecule has 96 valence electrons. The minimum absolute atomic E-state index is 0.0360. The third-order valence-corrected chi connectivity index (χ3v) is 4.79. The fourth-order valence-corrected chi connectivity index (χ4v) is 3.59. The molecule has 0 saturated heterocycles. The molecule has 0 aliphatic rings. The average Bonchev–Trinajstić information content (AvgIpc) is 2.84. The van der Waals surface area contributed by atoms with Crippen LogP contribution in [0.1, 0.15) is 27.6 Å². The summed E-state index contributed by atoms with van der Waals surface area (Å²) >= 11 is 1.74. The largest absolute Gasteiger partial charge is 0.320 e. The van der Waals surface area contributed by atoms with E-state index >= 15 is 0 Å². The van der Waals surface area contributed by atoms with Crippen molar-refractivity contribution < 1.29 is 0 Å². The number of rotatable bonds is 2. The Hall–Kier alpha value is -1.64. The number of hydrogen-bond acceptors (Lipinski definition) is 2. The zero-order valence-electron chi connectivity index (χ0n) is 11.2. The van der Waals surface area contributed by atoms with Gasteiger partial charge in [0.2, 0.25) is 0 Å². The molecule has 1 aromatic heterocycles. The van der Waals surface area contributed by atoms with Gasteiger partial charge in [0.05, 0.1) is 6.04 Å². The Morgan fingerprint density at radius 1 is 0.947 bits per heavy atom. The van der Waals surface area contributed by atoms with Gasteiger partial charge in [0.25, 0.3) is 0 Å². The van der Waals surface area contributed by atoms with Gasteiger partial charge in [-0.05, 0) is 52.8 Å².